The van der Waals surface area contributed by atoms with Gasteiger partial charge < -0.3 is 15.1 Å². The normalized spacial score (nSPS) is 19.9. The van der Waals surface area contributed by atoms with Crippen LogP contribution in [0, 0.1) is 12.8 Å². The van der Waals surface area contributed by atoms with Crippen molar-refractivity contribution in [2.24, 2.45) is 11.7 Å². The lowest BCUT2D eigenvalue weighted by Gasteiger charge is -2.14. The Labute approximate surface area is 102 Å². The molecule has 0 aromatic carbocycles. The van der Waals surface area contributed by atoms with Crippen LogP contribution >= 0.6 is 0 Å². The van der Waals surface area contributed by atoms with Crippen LogP contribution in [0.4, 0.5) is 0 Å². The van der Waals surface area contributed by atoms with Gasteiger partial charge in [-0.3, -0.25) is 4.79 Å². The Morgan fingerprint density at radius 2 is 2.41 bits per heavy atom. The summed E-state index contributed by atoms with van der Waals surface area (Å²) >= 11 is 0. The Morgan fingerprint density at radius 1 is 1.65 bits per heavy atom. The van der Waals surface area contributed by atoms with Crippen molar-refractivity contribution in [3.8, 4) is 0 Å². The number of amides is 1. The third kappa shape index (κ3) is 2.36. The summed E-state index contributed by atoms with van der Waals surface area (Å²) < 4.78 is 5.58. The first-order valence-electron chi connectivity index (χ1n) is 6.24. The summed E-state index contributed by atoms with van der Waals surface area (Å²) in [4.78, 5) is 14.0. The standard InChI is InChI=1S/C13H20N2O2/c1-3-11-9(2)6-12(17-11)13(16)15-5-4-10(7-14)8-15/h6,10H,3-5,7-8,14H2,1-2H3. The molecule has 4 heteroatoms. The molecular weight excluding hydrogens is 216 g/mol. The van der Waals surface area contributed by atoms with Gasteiger partial charge in [-0.05, 0) is 37.4 Å². The van der Waals surface area contributed by atoms with Crippen LogP contribution in [0.1, 0.15) is 35.2 Å². The van der Waals surface area contributed by atoms with E-state index in [0.717, 1.165) is 37.3 Å². The summed E-state index contributed by atoms with van der Waals surface area (Å²) in [5.41, 5.74) is 6.68. The van der Waals surface area contributed by atoms with Crippen molar-refractivity contribution in [1.82, 2.24) is 4.90 Å². The average Bonchev–Trinajstić information content (AvgIpc) is 2.94. The topological polar surface area (TPSA) is 59.5 Å². The minimum atomic E-state index is 0.00347. The van der Waals surface area contributed by atoms with Gasteiger partial charge in [-0.25, -0.2) is 0 Å². The summed E-state index contributed by atoms with van der Waals surface area (Å²) in [5, 5.41) is 0. The molecule has 1 aromatic heterocycles. The summed E-state index contributed by atoms with van der Waals surface area (Å²) in [6, 6.07) is 1.84. The van der Waals surface area contributed by atoms with E-state index in [0.29, 0.717) is 18.2 Å². The summed E-state index contributed by atoms with van der Waals surface area (Å²) in [7, 11) is 0. The maximum absolute atomic E-state index is 12.2. The molecule has 17 heavy (non-hydrogen) atoms. The first-order chi connectivity index (χ1) is 8.15. The summed E-state index contributed by atoms with van der Waals surface area (Å²) in [5.74, 6) is 1.82. The smallest absolute Gasteiger partial charge is 0.289 e. The van der Waals surface area contributed by atoms with Gasteiger partial charge in [-0.2, -0.15) is 0 Å². The minimum Gasteiger partial charge on any atom is -0.456 e. The number of aryl methyl sites for hydroxylation is 2. The zero-order chi connectivity index (χ0) is 12.4. The Kier molecular flexibility index (Phi) is 3.52. The number of carbonyl (C=O) groups excluding carboxylic acids is 1. The van der Waals surface area contributed by atoms with Gasteiger partial charge in [0.25, 0.3) is 5.91 Å². The monoisotopic (exact) mass is 236 g/mol. The highest BCUT2D eigenvalue weighted by Crippen LogP contribution is 2.21. The van der Waals surface area contributed by atoms with Crippen LogP contribution in [0.2, 0.25) is 0 Å². The second-order valence-corrected chi connectivity index (χ2v) is 4.71. The van der Waals surface area contributed by atoms with E-state index >= 15 is 0 Å². The predicted molar refractivity (Wildman–Crippen MR) is 65.9 cm³/mol. The second kappa shape index (κ2) is 4.92. The van der Waals surface area contributed by atoms with E-state index in [4.69, 9.17) is 10.2 Å². The molecule has 4 nitrogen and oxygen atoms in total. The van der Waals surface area contributed by atoms with Crippen molar-refractivity contribution >= 4 is 5.91 Å². The zero-order valence-corrected chi connectivity index (χ0v) is 10.5. The number of carbonyl (C=O) groups is 1. The Morgan fingerprint density at radius 3 is 2.94 bits per heavy atom. The number of likely N-dealkylation sites (tertiary alicyclic amines) is 1. The lowest BCUT2D eigenvalue weighted by Crippen LogP contribution is -2.29. The third-order valence-electron chi connectivity index (χ3n) is 3.46. The number of hydrogen-bond donors (Lipinski definition) is 1. The number of hydrogen-bond acceptors (Lipinski definition) is 3. The van der Waals surface area contributed by atoms with Crippen LogP contribution in [0.25, 0.3) is 0 Å². The van der Waals surface area contributed by atoms with E-state index in [1.165, 1.54) is 0 Å². The molecular formula is C13H20N2O2. The molecule has 0 radical (unpaired) electrons. The van der Waals surface area contributed by atoms with Gasteiger partial charge in [0.05, 0.1) is 0 Å². The first-order valence-corrected chi connectivity index (χ1v) is 6.24. The van der Waals surface area contributed by atoms with Gasteiger partial charge >= 0.3 is 0 Å². The minimum absolute atomic E-state index is 0.00347. The highest BCUT2D eigenvalue weighted by atomic mass is 16.4. The zero-order valence-electron chi connectivity index (χ0n) is 10.5. The fourth-order valence-electron chi connectivity index (χ4n) is 2.34. The van der Waals surface area contributed by atoms with E-state index in [2.05, 4.69) is 0 Å². The van der Waals surface area contributed by atoms with E-state index in [1.54, 1.807) is 0 Å². The van der Waals surface area contributed by atoms with Crippen molar-refractivity contribution in [2.45, 2.75) is 26.7 Å². The van der Waals surface area contributed by atoms with Crippen LogP contribution in [-0.4, -0.2) is 30.4 Å². The molecule has 1 aromatic rings. The molecule has 94 valence electrons. The van der Waals surface area contributed by atoms with Gasteiger partial charge in [0.2, 0.25) is 0 Å². The highest BCUT2D eigenvalue weighted by molar-refractivity contribution is 5.92. The van der Waals surface area contributed by atoms with Gasteiger partial charge in [0.15, 0.2) is 5.76 Å². The van der Waals surface area contributed by atoms with Gasteiger partial charge in [0.1, 0.15) is 5.76 Å². The van der Waals surface area contributed by atoms with E-state index in [9.17, 15) is 4.79 Å². The number of rotatable bonds is 3. The van der Waals surface area contributed by atoms with Crippen molar-refractivity contribution in [3.63, 3.8) is 0 Å². The SMILES string of the molecule is CCc1oc(C(=O)N2CCC(CN)C2)cc1C. The van der Waals surface area contributed by atoms with E-state index in [-0.39, 0.29) is 5.91 Å². The van der Waals surface area contributed by atoms with Crippen LogP contribution in [0.3, 0.4) is 0 Å². The molecule has 2 N–H and O–H groups in total. The molecule has 0 saturated carbocycles. The fourth-order valence-corrected chi connectivity index (χ4v) is 2.34. The first kappa shape index (κ1) is 12.2. The number of furan rings is 1. The van der Waals surface area contributed by atoms with Gasteiger partial charge in [-0.1, -0.05) is 6.92 Å². The molecule has 1 aliphatic rings. The largest absolute Gasteiger partial charge is 0.456 e. The predicted octanol–water partition coefficient (Wildman–Crippen LogP) is 1.57. The number of nitrogens with zero attached hydrogens (tertiary/aromatic N) is 1. The second-order valence-electron chi connectivity index (χ2n) is 4.71. The van der Waals surface area contributed by atoms with Crippen molar-refractivity contribution < 1.29 is 9.21 Å². The Balaban J connectivity index is 2.09. The fraction of sp³-hybridized carbons (Fsp3) is 0.615. The quantitative estimate of drug-likeness (QED) is 0.866. The molecule has 1 atom stereocenters. The maximum atomic E-state index is 12.2. The van der Waals surface area contributed by atoms with E-state index < -0.39 is 0 Å². The third-order valence-corrected chi connectivity index (χ3v) is 3.46. The Hall–Kier alpha value is -1.29. The molecule has 0 aliphatic carbocycles. The lowest BCUT2D eigenvalue weighted by molar-refractivity contribution is 0.0754. The van der Waals surface area contributed by atoms with Gasteiger partial charge in [0, 0.05) is 19.5 Å². The molecule has 0 bridgehead atoms. The molecule has 2 heterocycles. The average molecular weight is 236 g/mol. The van der Waals surface area contributed by atoms with E-state index in [1.807, 2.05) is 24.8 Å². The highest BCUT2D eigenvalue weighted by Gasteiger charge is 2.28. The van der Waals surface area contributed by atoms with Crippen molar-refractivity contribution in [2.75, 3.05) is 19.6 Å². The molecule has 1 saturated heterocycles. The van der Waals surface area contributed by atoms with Crippen molar-refractivity contribution in [3.05, 3.63) is 23.2 Å². The molecule has 1 aliphatic heterocycles. The van der Waals surface area contributed by atoms with Crippen LogP contribution < -0.4 is 5.73 Å². The van der Waals surface area contributed by atoms with Gasteiger partial charge in [-0.15, -0.1) is 0 Å². The molecule has 1 unspecified atom stereocenters. The van der Waals surface area contributed by atoms with Crippen LogP contribution in [0.5, 0.6) is 0 Å². The molecule has 1 fully saturated rings. The summed E-state index contributed by atoms with van der Waals surface area (Å²) in [6.07, 6.45) is 1.83. The Bertz CT molecular complexity index is 412. The summed E-state index contributed by atoms with van der Waals surface area (Å²) in [6.45, 7) is 6.21. The molecule has 0 spiro atoms. The van der Waals surface area contributed by atoms with Crippen molar-refractivity contribution in [1.29, 1.82) is 0 Å². The number of nitrogens with two attached hydrogens (primary N) is 1. The van der Waals surface area contributed by atoms with Crippen LogP contribution in [0.15, 0.2) is 10.5 Å². The lowest BCUT2D eigenvalue weighted by atomic mass is 10.1. The van der Waals surface area contributed by atoms with Crippen LogP contribution in [-0.2, 0) is 6.42 Å². The molecule has 2 rings (SSSR count). The maximum Gasteiger partial charge on any atom is 0.289 e. The molecule has 1 amide bonds.